The second kappa shape index (κ2) is 12.1. The van der Waals surface area contributed by atoms with Crippen LogP contribution in [0.25, 0.3) is 0 Å². The lowest BCUT2D eigenvalue weighted by Crippen LogP contribution is -2.31. The van der Waals surface area contributed by atoms with E-state index in [0.29, 0.717) is 5.92 Å². The normalized spacial score (nSPS) is 26.5. The average Bonchev–Trinajstić information content (AvgIpc) is 2.67. The average molecular weight is 389 g/mol. The maximum atomic E-state index is 13.2. The molecule has 2 rings (SSSR count). The summed E-state index contributed by atoms with van der Waals surface area (Å²) in [5.41, 5.74) is 0. The Morgan fingerprint density at radius 2 is 1.56 bits per heavy atom. The molecular formula is C23H39F3O. The van der Waals surface area contributed by atoms with Gasteiger partial charge < -0.3 is 4.74 Å². The van der Waals surface area contributed by atoms with Crippen LogP contribution in [-0.2, 0) is 4.74 Å². The number of halogens is 3. The van der Waals surface area contributed by atoms with Gasteiger partial charge in [0.15, 0.2) is 6.10 Å². The van der Waals surface area contributed by atoms with Crippen molar-refractivity contribution >= 4 is 0 Å². The molecular weight excluding hydrogens is 349 g/mol. The van der Waals surface area contributed by atoms with Gasteiger partial charge in [-0.2, -0.15) is 13.2 Å². The summed E-state index contributed by atoms with van der Waals surface area (Å²) < 4.78 is 44.6. The van der Waals surface area contributed by atoms with E-state index in [1.54, 1.807) is 6.08 Å². The van der Waals surface area contributed by atoms with E-state index in [-0.39, 0.29) is 13.0 Å². The largest absolute Gasteiger partial charge is 0.414 e. The van der Waals surface area contributed by atoms with Gasteiger partial charge in [0, 0.05) is 13.0 Å². The maximum Gasteiger partial charge on any atom is 0.414 e. The van der Waals surface area contributed by atoms with Gasteiger partial charge in [-0.05, 0) is 49.9 Å². The Kier molecular flexibility index (Phi) is 10.2. The van der Waals surface area contributed by atoms with Crippen LogP contribution >= 0.6 is 0 Å². The molecule has 0 aliphatic heterocycles. The van der Waals surface area contributed by atoms with Crippen LogP contribution in [0.15, 0.2) is 12.2 Å². The minimum Gasteiger partial charge on any atom is -0.368 e. The van der Waals surface area contributed by atoms with Crippen LogP contribution in [0.2, 0.25) is 0 Å². The fourth-order valence-electron chi connectivity index (χ4n) is 4.86. The summed E-state index contributed by atoms with van der Waals surface area (Å²) in [6.45, 7) is 2.30. The second-order valence-electron chi connectivity index (χ2n) is 8.70. The van der Waals surface area contributed by atoms with Crippen molar-refractivity contribution in [1.29, 1.82) is 0 Å². The highest BCUT2D eigenvalue weighted by atomic mass is 19.4. The van der Waals surface area contributed by atoms with Gasteiger partial charge in [-0.1, -0.05) is 70.4 Å². The van der Waals surface area contributed by atoms with Crippen LogP contribution in [0.5, 0.6) is 0 Å². The summed E-state index contributed by atoms with van der Waals surface area (Å²) in [6, 6.07) is 0. The van der Waals surface area contributed by atoms with Crippen molar-refractivity contribution in [1.82, 2.24) is 0 Å². The first kappa shape index (κ1) is 22.8. The van der Waals surface area contributed by atoms with Gasteiger partial charge in [-0.15, -0.1) is 0 Å². The predicted molar refractivity (Wildman–Crippen MR) is 106 cm³/mol. The molecule has 0 radical (unpaired) electrons. The van der Waals surface area contributed by atoms with Gasteiger partial charge in [0.1, 0.15) is 0 Å². The van der Waals surface area contributed by atoms with Crippen molar-refractivity contribution in [3.63, 3.8) is 0 Å². The highest BCUT2D eigenvalue weighted by Crippen LogP contribution is 2.40. The molecule has 4 heteroatoms. The predicted octanol–water partition coefficient (Wildman–Crippen LogP) is 7.85. The molecule has 0 aromatic carbocycles. The van der Waals surface area contributed by atoms with Crippen molar-refractivity contribution in [3.8, 4) is 0 Å². The molecule has 0 N–H and O–H groups in total. The zero-order valence-electron chi connectivity index (χ0n) is 17.1. The van der Waals surface area contributed by atoms with Crippen molar-refractivity contribution in [2.75, 3.05) is 6.61 Å². The molecule has 1 unspecified atom stereocenters. The number of hydrogen-bond acceptors (Lipinski definition) is 1. The van der Waals surface area contributed by atoms with E-state index in [1.807, 2.05) is 6.08 Å². The standard InChI is InChI=1S/C23H39F3O/c1-2-3-4-8-18-27-22(23(24,25)26)13-9-10-19-14-16-21(17-15-19)20-11-6-5-7-12-20/h9-10,19-22H,2-8,11-18H2,1H3/t19-,21-,22?. The fraction of sp³-hybridized carbons (Fsp3) is 0.913. The number of unbranched alkanes of at least 4 members (excludes halogenated alkanes) is 3. The van der Waals surface area contributed by atoms with Gasteiger partial charge in [-0.25, -0.2) is 0 Å². The van der Waals surface area contributed by atoms with Crippen LogP contribution < -0.4 is 0 Å². The Hall–Kier alpha value is -0.510. The molecule has 2 fully saturated rings. The molecule has 0 saturated heterocycles. The SMILES string of the molecule is CCCCCCOC(CC=C[C@H]1CC[C@H](C2CCCCC2)CC1)C(F)(F)F. The van der Waals surface area contributed by atoms with Gasteiger partial charge in [-0.3, -0.25) is 0 Å². The molecule has 0 spiro atoms. The van der Waals surface area contributed by atoms with E-state index in [2.05, 4.69) is 6.92 Å². The van der Waals surface area contributed by atoms with Gasteiger partial charge in [0.2, 0.25) is 0 Å². The molecule has 2 aliphatic carbocycles. The quantitative estimate of drug-likeness (QED) is 0.273. The van der Waals surface area contributed by atoms with Crippen LogP contribution in [-0.4, -0.2) is 18.9 Å². The van der Waals surface area contributed by atoms with Gasteiger partial charge >= 0.3 is 6.18 Å². The minimum atomic E-state index is -4.27. The monoisotopic (exact) mass is 388 g/mol. The molecule has 0 aromatic rings. The van der Waals surface area contributed by atoms with Crippen molar-refractivity contribution in [2.45, 2.75) is 109 Å². The molecule has 0 heterocycles. The smallest absolute Gasteiger partial charge is 0.368 e. The third kappa shape index (κ3) is 8.58. The summed E-state index contributed by atoms with van der Waals surface area (Å²) in [4.78, 5) is 0. The van der Waals surface area contributed by atoms with Crippen molar-refractivity contribution in [3.05, 3.63) is 12.2 Å². The topological polar surface area (TPSA) is 9.23 Å². The Morgan fingerprint density at radius 3 is 2.19 bits per heavy atom. The number of rotatable bonds is 10. The molecule has 158 valence electrons. The highest BCUT2D eigenvalue weighted by molar-refractivity contribution is 4.94. The number of alkyl halides is 3. The molecule has 0 aromatic heterocycles. The van der Waals surface area contributed by atoms with Crippen molar-refractivity contribution < 1.29 is 17.9 Å². The Bertz CT molecular complexity index is 404. The number of hydrogen-bond donors (Lipinski definition) is 0. The third-order valence-electron chi connectivity index (χ3n) is 6.57. The first-order valence-corrected chi connectivity index (χ1v) is 11.4. The first-order chi connectivity index (χ1) is 13.0. The molecule has 0 bridgehead atoms. The van der Waals surface area contributed by atoms with Crippen molar-refractivity contribution in [2.24, 2.45) is 17.8 Å². The van der Waals surface area contributed by atoms with Crippen LogP contribution in [0, 0.1) is 17.8 Å². The van der Waals surface area contributed by atoms with Crippen LogP contribution in [0.4, 0.5) is 13.2 Å². The number of allylic oxidation sites excluding steroid dienone is 1. The van der Waals surface area contributed by atoms with Gasteiger partial charge in [0.05, 0.1) is 0 Å². The van der Waals surface area contributed by atoms with E-state index < -0.39 is 12.3 Å². The lowest BCUT2D eigenvalue weighted by atomic mass is 9.71. The zero-order chi connectivity index (χ0) is 19.5. The van der Waals surface area contributed by atoms with E-state index in [1.165, 1.54) is 44.9 Å². The Balaban J connectivity index is 1.68. The number of ether oxygens (including phenoxy) is 1. The lowest BCUT2D eigenvalue weighted by molar-refractivity contribution is -0.219. The Morgan fingerprint density at radius 1 is 0.889 bits per heavy atom. The molecule has 1 nitrogen and oxygen atoms in total. The molecule has 2 aliphatic rings. The fourth-order valence-corrected chi connectivity index (χ4v) is 4.86. The second-order valence-corrected chi connectivity index (χ2v) is 8.70. The van der Waals surface area contributed by atoms with E-state index >= 15 is 0 Å². The minimum absolute atomic E-state index is 0.0418. The Labute approximate surface area is 164 Å². The summed E-state index contributed by atoms with van der Waals surface area (Å²) in [5.74, 6) is 2.24. The van der Waals surface area contributed by atoms with E-state index in [0.717, 1.165) is 50.4 Å². The van der Waals surface area contributed by atoms with Crippen LogP contribution in [0.1, 0.15) is 96.8 Å². The van der Waals surface area contributed by atoms with E-state index in [4.69, 9.17) is 4.74 Å². The third-order valence-corrected chi connectivity index (χ3v) is 6.57. The maximum absolute atomic E-state index is 13.2. The van der Waals surface area contributed by atoms with Gasteiger partial charge in [0.25, 0.3) is 0 Å². The zero-order valence-corrected chi connectivity index (χ0v) is 17.1. The first-order valence-electron chi connectivity index (χ1n) is 11.4. The summed E-state index contributed by atoms with van der Waals surface area (Å²) in [6.07, 6.45) is 13.4. The molecule has 2 saturated carbocycles. The summed E-state index contributed by atoms with van der Waals surface area (Å²) in [5, 5.41) is 0. The molecule has 27 heavy (non-hydrogen) atoms. The van der Waals surface area contributed by atoms with Crippen LogP contribution in [0.3, 0.4) is 0 Å². The lowest BCUT2D eigenvalue weighted by Gasteiger charge is -2.35. The van der Waals surface area contributed by atoms with E-state index in [9.17, 15) is 13.2 Å². The highest BCUT2D eigenvalue weighted by Gasteiger charge is 2.39. The molecule has 0 amide bonds. The summed E-state index contributed by atoms with van der Waals surface area (Å²) >= 11 is 0. The molecule has 1 atom stereocenters. The summed E-state index contributed by atoms with van der Waals surface area (Å²) in [7, 11) is 0.